The molecule has 0 saturated heterocycles. The van der Waals surface area contributed by atoms with E-state index in [1.165, 1.54) is 39.3 Å². The molecule has 0 radical (unpaired) electrons. The molecule has 0 unspecified atom stereocenters. The molecule has 10 heteroatoms. The smallest absolute Gasteiger partial charge is 0.338 e. The van der Waals surface area contributed by atoms with Crippen LogP contribution in [0.15, 0.2) is 44.0 Å². The van der Waals surface area contributed by atoms with E-state index in [-0.39, 0.29) is 38.3 Å². The first-order chi connectivity index (χ1) is 15.2. The van der Waals surface area contributed by atoms with E-state index in [2.05, 4.69) is 15.9 Å². The molecule has 0 bridgehead atoms. The molecule has 0 saturated carbocycles. The summed E-state index contributed by atoms with van der Waals surface area (Å²) in [6, 6.07) is 7.14. The Balaban J connectivity index is 2.31. The van der Waals surface area contributed by atoms with E-state index in [0.717, 1.165) is 6.92 Å². The van der Waals surface area contributed by atoms with Crippen LogP contribution in [0.3, 0.4) is 0 Å². The predicted molar refractivity (Wildman–Crippen MR) is 116 cm³/mol. The molecule has 1 heterocycles. The van der Waals surface area contributed by atoms with Gasteiger partial charge in [0.2, 0.25) is 5.43 Å². The van der Waals surface area contributed by atoms with Gasteiger partial charge in [0.05, 0.1) is 19.8 Å². The molecule has 0 aliphatic heterocycles. The summed E-state index contributed by atoms with van der Waals surface area (Å²) in [7, 11) is 2.61. The third kappa shape index (κ3) is 4.50. The van der Waals surface area contributed by atoms with Crippen LogP contribution in [0.2, 0.25) is 0 Å². The largest absolute Gasteiger partial charge is 0.493 e. The van der Waals surface area contributed by atoms with Gasteiger partial charge in [-0.2, -0.15) is 0 Å². The van der Waals surface area contributed by atoms with E-state index in [0.29, 0.717) is 11.3 Å². The lowest BCUT2D eigenvalue weighted by Crippen LogP contribution is -2.11. The zero-order valence-corrected chi connectivity index (χ0v) is 19.0. The number of carbonyl (C=O) groups is 3. The van der Waals surface area contributed by atoms with Crippen LogP contribution in [0.5, 0.6) is 17.2 Å². The molecule has 1 aromatic heterocycles. The zero-order valence-electron chi connectivity index (χ0n) is 17.4. The van der Waals surface area contributed by atoms with E-state index in [4.69, 9.17) is 23.4 Å². The fraction of sp³-hybridized carbons (Fsp3) is 0.182. The molecule has 0 aliphatic carbocycles. The molecule has 0 amide bonds. The Morgan fingerprint density at radius 2 is 1.56 bits per heavy atom. The maximum atomic E-state index is 13.1. The summed E-state index contributed by atoms with van der Waals surface area (Å²) < 4.78 is 26.2. The van der Waals surface area contributed by atoms with Gasteiger partial charge in [-0.25, -0.2) is 4.79 Å². The SMILES string of the molecule is COC(=O)c1cc(OC(C)=O)c2c(=O)c(Br)c(-c3ccc(OC)c(OC(C)=O)c3)oc2c1. The fourth-order valence-corrected chi connectivity index (χ4v) is 3.48. The summed E-state index contributed by atoms with van der Waals surface area (Å²) in [5.41, 5.74) is -0.163. The lowest BCUT2D eigenvalue weighted by Gasteiger charge is -2.13. The summed E-state index contributed by atoms with van der Waals surface area (Å²) in [5, 5.41) is -0.0443. The molecule has 0 N–H and O–H groups in total. The van der Waals surface area contributed by atoms with Crippen LogP contribution in [0.1, 0.15) is 24.2 Å². The Morgan fingerprint density at radius 1 is 0.906 bits per heavy atom. The summed E-state index contributed by atoms with van der Waals surface area (Å²) in [4.78, 5) is 48.2. The van der Waals surface area contributed by atoms with Crippen LogP contribution in [-0.4, -0.2) is 32.1 Å². The van der Waals surface area contributed by atoms with Gasteiger partial charge in [0.1, 0.15) is 21.2 Å². The van der Waals surface area contributed by atoms with Gasteiger partial charge in [-0.05, 0) is 46.3 Å². The first kappa shape index (κ1) is 23.0. The summed E-state index contributed by atoms with van der Waals surface area (Å²) in [6.45, 7) is 2.40. The van der Waals surface area contributed by atoms with Crippen LogP contribution in [0.4, 0.5) is 0 Å². The molecule has 0 fully saturated rings. The number of carbonyl (C=O) groups excluding carboxylic acids is 3. The second-order valence-corrected chi connectivity index (χ2v) is 7.26. The van der Waals surface area contributed by atoms with E-state index >= 15 is 0 Å². The standard InChI is InChI=1S/C22H17BrO9/c1-10(24)30-15-7-12(5-6-14(15)28-3)21-19(23)20(26)18-16(31-11(2)25)8-13(22(27)29-4)9-17(18)32-21/h5-9H,1-4H3. The highest BCUT2D eigenvalue weighted by molar-refractivity contribution is 9.10. The molecule has 3 rings (SSSR count). The van der Waals surface area contributed by atoms with Crippen molar-refractivity contribution in [3.05, 3.63) is 50.6 Å². The van der Waals surface area contributed by atoms with Crippen molar-refractivity contribution < 1.29 is 37.7 Å². The highest BCUT2D eigenvalue weighted by atomic mass is 79.9. The summed E-state index contributed by atoms with van der Waals surface area (Å²) in [5.74, 6) is -1.60. The zero-order chi connectivity index (χ0) is 23.6. The minimum atomic E-state index is -0.714. The van der Waals surface area contributed by atoms with E-state index in [1.54, 1.807) is 12.1 Å². The van der Waals surface area contributed by atoms with Gasteiger partial charge < -0.3 is 23.4 Å². The van der Waals surface area contributed by atoms with Crippen molar-refractivity contribution >= 4 is 44.8 Å². The summed E-state index contributed by atoms with van der Waals surface area (Å²) in [6.07, 6.45) is 0. The molecule has 0 aliphatic rings. The number of ether oxygens (including phenoxy) is 4. The van der Waals surface area contributed by atoms with Crippen LogP contribution in [-0.2, 0) is 14.3 Å². The van der Waals surface area contributed by atoms with Crippen molar-refractivity contribution in [1.29, 1.82) is 0 Å². The first-order valence-corrected chi connectivity index (χ1v) is 9.89. The van der Waals surface area contributed by atoms with Crippen molar-refractivity contribution in [1.82, 2.24) is 0 Å². The maximum absolute atomic E-state index is 13.1. The number of esters is 3. The molecule has 0 atom stereocenters. The van der Waals surface area contributed by atoms with Gasteiger partial charge in [0, 0.05) is 19.4 Å². The van der Waals surface area contributed by atoms with Crippen LogP contribution in [0.25, 0.3) is 22.3 Å². The molecule has 2 aromatic carbocycles. The van der Waals surface area contributed by atoms with E-state index < -0.39 is 23.3 Å². The first-order valence-electron chi connectivity index (χ1n) is 9.10. The third-order valence-corrected chi connectivity index (χ3v) is 4.98. The van der Waals surface area contributed by atoms with Gasteiger partial charge in [-0.1, -0.05) is 0 Å². The maximum Gasteiger partial charge on any atom is 0.338 e. The molecule has 166 valence electrons. The third-order valence-electron chi connectivity index (χ3n) is 4.26. The Labute approximate surface area is 189 Å². The Hall–Kier alpha value is -3.66. The lowest BCUT2D eigenvalue weighted by molar-refractivity contribution is -0.132. The van der Waals surface area contributed by atoms with Gasteiger partial charge in [-0.3, -0.25) is 14.4 Å². The Bertz CT molecular complexity index is 1310. The van der Waals surface area contributed by atoms with Crippen molar-refractivity contribution in [3.8, 4) is 28.6 Å². The summed E-state index contributed by atoms with van der Waals surface area (Å²) >= 11 is 3.23. The van der Waals surface area contributed by atoms with Crippen LogP contribution in [0, 0.1) is 0 Å². The van der Waals surface area contributed by atoms with Crippen molar-refractivity contribution in [2.45, 2.75) is 13.8 Å². The minimum absolute atomic E-state index is 0.0165. The van der Waals surface area contributed by atoms with Gasteiger partial charge in [0.25, 0.3) is 0 Å². The molecular formula is C22H17BrO9. The second-order valence-electron chi connectivity index (χ2n) is 6.47. The van der Waals surface area contributed by atoms with Gasteiger partial charge in [-0.15, -0.1) is 0 Å². The second kappa shape index (κ2) is 9.23. The number of methoxy groups -OCH3 is 2. The molecular weight excluding hydrogens is 488 g/mol. The Kier molecular flexibility index (Phi) is 6.64. The average Bonchev–Trinajstić information content (AvgIpc) is 2.74. The monoisotopic (exact) mass is 504 g/mol. The number of hydrogen-bond acceptors (Lipinski definition) is 9. The molecule has 3 aromatic rings. The van der Waals surface area contributed by atoms with Crippen LogP contribution >= 0.6 is 15.9 Å². The Morgan fingerprint density at radius 3 is 2.16 bits per heavy atom. The van der Waals surface area contributed by atoms with E-state index in [9.17, 15) is 19.2 Å². The molecule has 9 nitrogen and oxygen atoms in total. The normalized spacial score (nSPS) is 10.5. The highest BCUT2D eigenvalue weighted by Crippen LogP contribution is 2.37. The highest BCUT2D eigenvalue weighted by Gasteiger charge is 2.22. The van der Waals surface area contributed by atoms with E-state index in [1.807, 2.05) is 0 Å². The lowest BCUT2D eigenvalue weighted by atomic mass is 10.1. The number of halogens is 1. The number of benzene rings is 2. The van der Waals surface area contributed by atoms with Crippen molar-refractivity contribution in [3.63, 3.8) is 0 Å². The molecule has 0 spiro atoms. The molecule has 32 heavy (non-hydrogen) atoms. The fourth-order valence-electron chi connectivity index (χ4n) is 2.97. The quantitative estimate of drug-likeness (QED) is 0.376. The topological polar surface area (TPSA) is 118 Å². The van der Waals surface area contributed by atoms with Crippen LogP contribution < -0.4 is 19.6 Å². The minimum Gasteiger partial charge on any atom is -0.493 e. The number of hydrogen-bond donors (Lipinski definition) is 0. The van der Waals surface area contributed by atoms with Gasteiger partial charge in [0.15, 0.2) is 17.3 Å². The van der Waals surface area contributed by atoms with Crippen molar-refractivity contribution in [2.75, 3.05) is 14.2 Å². The number of rotatable bonds is 5. The predicted octanol–water partition coefficient (Wildman–Crippen LogP) is 3.87. The number of fused-ring (bicyclic) bond motifs is 1. The average molecular weight is 505 g/mol. The van der Waals surface area contributed by atoms with Gasteiger partial charge >= 0.3 is 17.9 Å². The van der Waals surface area contributed by atoms with Crippen molar-refractivity contribution in [2.24, 2.45) is 0 Å².